The van der Waals surface area contributed by atoms with Gasteiger partial charge in [0.25, 0.3) is 0 Å². The maximum atomic E-state index is 9.44. The van der Waals surface area contributed by atoms with Crippen LogP contribution in [-0.2, 0) is 4.74 Å². The Morgan fingerprint density at radius 3 is 2.86 bits per heavy atom. The molecule has 5 heteroatoms. The highest BCUT2D eigenvalue weighted by atomic mass is 35.5. The summed E-state index contributed by atoms with van der Waals surface area (Å²) in [5.41, 5.74) is 0. The van der Waals surface area contributed by atoms with Gasteiger partial charge in [0.2, 0.25) is 0 Å². The summed E-state index contributed by atoms with van der Waals surface area (Å²) in [7, 11) is 0. The number of halogens is 2. The number of epoxide rings is 1. The van der Waals surface area contributed by atoms with Crippen molar-refractivity contribution in [2.24, 2.45) is 0 Å². The Kier molecular flexibility index (Phi) is 2.72. The minimum Gasteiger partial charge on any atom is -0.504 e. The van der Waals surface area contributed by atoms with Crippen LogP contribution < -0.4 is 4.74 Å². The summed E-state index contributed by atoms with van der Waals surface area (Å²) in [5, 5.41) is 10.0. The predicted octanol–water partition coefficient (Wildman–Crippen LogP) is 2.48. The number of phenolic OH excluding ortho intramolecular Hbond substituents is 1. The molecule has 76 valence electrons. The molecular formula is C9H8Cl2O3. The van der Waals surface area contributed by atoms with Crippen LogP contribution in [0, 0.1) is 0 Å². The molecule has 1 unspecified atom stereocenters. The van der Waals surface area contributed by atoms with E-state index >= 15 is 0 Å². The molecule has 1 N–H and O–H groups in total. The van der Waals surface area contributed by atoms with Gasteiger partial charge in [-0.1, -0.05) is 23.2 Å². The normalized spacial score (nSPS) is 19.4. The van der Waals surface area contributed by atoms with Crippen LogP contribution in [0.1, 0.15) is 0 Å². The molecule has 0 spiro atoms. The summed E-state index contributed by atoms with van der Waals surface area (Å²) in [6, 6.07) is 2.96. The fraction of sp³-hybridized carbons (Fsp3) is 0.333. The zero-order chi connectivity index (χ0) is 10.1. The van der Waals surface area contributed by atoms with Gasteiger partial charge in [-0.05, 0) is 12.1 Å². The third kappa shape index (κ3) is 2.05. The van der Waals surface area contributed by atoms with Gasteiger partial charge in [-0.2, -0.15) is 0 Å². The molecule has 1 heterocycles. The zero-order valence-corrected chi connectivity index (χ0v) is 8.68. The Labute approximate surface area is 91.1 Å². The second-order valence-electron chi connectivity index (χ2n) is 2.98. The Hall–Kier alpha value is -0.640. The first-order valence-electron chi connectivity index (χ1n) is 4.10. The van der Waals surface area contributed by atoms with Crippen LogP contribution in [-0.4, -0.2) is 24.4 Å². The average Bonchev–Trinajstić information content (AvgIpc) is 2.95. The van der Waals surface area contributed by atoms with Crippen LogP contribution in [0.5, 0.6) is 11.5 Å². The van der Waals surface area contributed by atoms with E-state index < -0.39 is 0 Å². The van der Waals surface area contributed by atoms with Gasteiger partial charge in [0.15, 0.2) is 11.5 Å². The van der Waals surface area contributed by atoms with Gasteiger partial charge < -0.3 is 14.6 Å². The van der Waals surface area contributed by atoms with Crippen LogP contribution in [0.3, 0.4) is 0 Å². The maximum absolute atomic E-state index is 9.44. The third-order valence-electron chi connectivity index (χ3n) is 1.85. The van der Waals surface area contributed by atoms with Gasteiger partial charge in [0, 0.05) is 0 Å². The smallest absolute Gasteiger partial charge is 0.181 e. The fourth-order valence-electron chi connectivity index (χ4n) is 1.000. The summed E-state index contributed by atoms with van der Waals surface area (Å²) in [6.07, 6.45) is 0.115. The molecule has 1 atom stereocenters. The summed E-state index contributed by atoms with van der Waals surface area (Å²) in [4.78, 5) is 0. The van der Waals surface area contributed by atoms with E-state index in [0.29, 0.717) is 18.2 Å². The highest BCUT2D eigenvalue weighted by Gasteiger charge is 2.24. The van der Waals surface area contributed by atoms with Crippen molar-refractivity contribution in [1.29, 1.82) is 0 Å². The number of hydrogen-bond donors (Lipinski definition) is 1. The second kappa shape index (κ2) is 3.85. The van der Waals surface area contributed by atoms with Gasteiger partial charge in [-0.15, -0.1) is 0 Å². The van der Waals surface area contributed by atoms with E-state index in [2.05, 4.69) is 0 Å². The van der Waals surface area contributed by atoms with Crippen molar-refractivity contribution in [1.82, 2.24) is 0 Å². The van der Waals surface area contributed by atoms with Crippen molar-refractivity contribution in [3.05, 3.63) is 22.2 Å². The van der Waals surface area contributed by atoms with Crippen molar-refractivity contribution >= 4 is 23.2 Å². The number of rotatable bonds is 3. The first kappa shape index (κ1) is 9.90. The second-order valence-corrected chi connectivity index (χ2v) is 3.76. The molecule has 0 amide bonds. The number of benzene rings is 1. The number of phenols is 1. The topological polar surface area (TPSA) is 42.0 Å². The lowest BCUT2D eigenvalue weighted by molar-refractivity contribution is 0.254. The van der Waals surface area contributed by atoms with Crippen LogP contribution in [0.25, 0.3) is 0 Å². The van der Waals surface area contributed by atoms with Crippen molar-refractivity contribution in [2.75, 3.05) is 13.2 Å². The highest BCUT2D eigenvalue weighted by Crippen LogP contribution is 2.39. The molecule has 0 saturated carbocycles. The molecule has 1 aliphatic rings. The lowest BCUT2D eigenvalue weighted by Crippen LogP contribution is -2.04. The summed E-state index contributed by atoms with van der Waals surface area (Å²) in [5.74, 6) is 0.203. The van der Waals surface area contributed by atoms with Gasteiger partial charge in [-0.25, -0.2) is 0 Å². The summed E-state index contributed by atoms with van der Waals surface area (Å²) >= 11 is 11.6. The number of ether oxygens (including phenoxy) is 2. The van der Waals surface area contributed by atoms with Crippen molar-refractivity contribution in [2.45, 2.75) is 6.10 Å². The van der Waals surface area contributed by atoms with Crippen LogP contribution in [0.2, 0.25) is 10.0 Å². The van der Waals surface area contributed by atoms with Crippen molar-refractivity contribution < 1.29 is 14.6 Å². The Bertz CT molecular complexity index is 350. The predicted molar refractivity (Wildman–Crippen MR) is 53.4 cm³/mol. The first-order chi connectivity index (χ1) is 6.68. The first-order valence-corrected chi connectivity index (χ1v) is 4.85. The number of hydrogen-bond acceptors (Lipinski definition) is 3. The highest BCUT2D eigenvalue weighted by molar-refractivity contribution is 6.43. The molecular weight excluding hydrogens is 227 g/mol. The molecule has 0 aromatic heterocycles. The van der Waals surface area contributed by atoms with Crippen LogP contribution >= 0.6 is 23.2 Å². The largest absolute Gasteiger partial charge is 0.504 e. The Morgan fingerprint density at radius 2 is 2.21 bits per heavy atom. The third-order valence-corrected chi connectivity index (χ3v) is 2.63. The monoisotopic (exact) mass is 234 g/mol. The average molecular weight is 235 g/mol. The lowest BCUT2D eigenvalue weighted by atomic mass is 10.3. The standard InChI is InChI=1S/C9H8Cl2O3/c10-6-1-2-7(12)9(8(6)11)14-4-5-3-13-5/h1-2,5,12H,3-4H2. The minimum atomic E-state index is -0.0138. The lowest BCUT2D eigenvalue weighted by Gasteiger charge is -2.09. The van der Waals surface area contributed by atoms with Gasteiger partial charge in [-0.3, -0.25) is 0 Å². The quantitative estimate of drug-likeness (QED) is 0.818. The summed E-state index contributed by atoms with van der Waals surface area (Å²) < 4.78 is 10.2. The van der Waals surface area contributed by atoms with E-state index in [0.717, 1.165) is 0 Å². The van der Waals surface area contributed by atoms with E-state index in [4.69, 9.17) is 32.7 Å². The molecule has 3 nitrogen and oxygen atoms in total. The summed E-state index contributed by atoms with van der Waals surface area (Å²) in [6.45, 7) is 1.08. The molecule has 1 saturated heterocycles. The minimum absolute atomic E-state index is 0.0138. The Morgan fingerprint density at radius 1 is 1.50 bits per heavy atom. The molecule has 0 radical (unpaired) electrons. The molecule has 1 fully saturated rings. The molecule has 1 aliphatic heterocycles. The Balaban J connectivity index is 2.16. The van der Waals surface area contributed by atoms with E-state index in [9.17, 15) is 5.11 Å². The molecule has 14 heavy (non-hydrogen) atoms. The molecule has 1 aromatic rings. The van der Waals surface area contributed by atoms with Gasteiger partial charge in [0.05, 0.1) is 11.6 Å². The van der Waals surface area contributed by atoms with Crippen LogP contribution in [0.15, 0.2) is 12.1 Å². The van der Waals surface area contributed by atoms with Crippen LogP contribution in [0.4, 0.5) is 0 Å². The van der Waals surface area contributed by atoms with Crippen molar-refractivity contribution in [3.63, 3.8) is 0 Å². The van der Waals surface area contributed by atoms with E-state index in [-0.39, 0.29) is 22.6 Å². The van der Waals surface area contributed by atoms with E-state index in [1.54, 1.807) is 0 Å². The molecule has 1 aromatic carbocycles. The van der Waals surface area contributed by atoms with E-state index in [1.165, 1.54) is 12.1 Å². The van der Waals surface area contributed by atoms with Gasteiger partial charge >= 0.3 is 0 Å². The molecule has 2 rings (SSSR count). The SMILES string of the molecule is Oc1ccc(Cl)c(Cl)c1OCC1CO1. The van der Waals surface area contributed by atoms with E-state index in [1.807, 2.05) is 0 Å². The molecule has 0 bridgehead atoms. The fourth-order valence-corrected chi connectivity index (χ4v) is 1.36. The maximum Gasteiger partial charge on any atom is 0.181 e. The van der Waals surface area contributed by atoms with Gasteiger partial charge in [0.1, 0.15) is 17.7 Å². The van der Waals surface area contributed by atoms with Crippen molar-refractivity contribution in [3.8, 4) is 11.5 Å². The zero-order valence-electron chi connectivity index (χ0n) is 7.17. The molecule has 0 aliphatic carbocycles. The number of aromatic hydroxyl groups is 1.